The molecule has 0 aliphatic heterocycles. The first-order chi connectivity index (χ1) is 26.3. The summed E-state index contributed by atoms with van der Waals surface area (Å²) in [5.74, 6) is -1.03. The molecule has 0 saturated carbocycles. The Morgan fingerprint density at radius 3 is 1.22 bits per heavy atom. The molecule has 2 atom stereocenters. The first-order valence-corrected chi connectivity index (χ1v) is 19.7. The average Bonchev–Trinajstić information content (AvgIpc) is 3.12. The summed E-state index contributed by atoms with van der Waals surface area (Å²) in [5, 5.41) is 0. The molecule has 2 rings (SSSR count). The van der Waals surface area contributed by atoms with Crippen LogP contribution in [0.3, 0.4) is 0 Å². The lowest BCUT2D eigenvalue weighted by Crippen LogP contribution is -2.39. The number of rotatable bonds is 18. The molecule has 2 unspecified atom stereocenters. The SMILES string of the molecule is CC1=C(/C=C/C(C)=C/C=C/C(C)=C/C=C/C=C(C)/C=C/C=C(C)/C=C/C2=C(C)C(=O)C(OC(=O)CCCN)CC2(C)C)C(C)(C)CC(OC(=O)CCCN)C1=O.Cl.Cl. The number of halogens is 2. The van der Waals surface area contributed by atoms with Gasteiger partial charge in [-0.15, -0.1) is 24.8 Å². The summed E-state index contributed by atoms with van der Waals surface area (Å²) >= 11 is 0. The normalized spacial score (nSPS) is 20.8. The lowest BCUT2D eigenvalue weighted by molar-refractivity contribution is -0.156. The van der Waals surface area contributed by atoms with Gasteiger partial charge < -0.3 is 20.9 Å². The molecule has 58 heavy (non-hydrogen) atoms. The Kier molecular flexibility index (Phi) is 24.3. The molecule has 320 valence electrons. The largest absolute Gasteiger partial charge is 0.454 e. The summed E-state index contributed by atoms with van der Waals surface area (Å²) < 4.78 is 11.0. The number of nitrogens with two attached hydrogens (primary N) is 2. The third-order valence-electron chi connectivity index (χ3n) is 9.99. The monoisotopic (exact) mass is 838 g/mol. The number of esters is 2. The van der Waals surface area contributed by atoms with Crippen LogP contribution in [0.1, 0.15) is 108 Å². The van der Waals surface area contributed by atoms with E-state index in [-0.39, 0.29) is 72.0 Å². The summed E-state index contributed by atoms with van der Waals surface area (Å²) in [5.41, 5.74) is 17.8. The summed E-state index contributed by atoms with van der Waals surface area (Å²) in [6, 6.07) is 0. The van der Waals surface area contributed by atoms with Crippen LogP contribution in [0.5, 0.6) is 0 Å². The standard InChI is InChI=1S/C48H66N2O6.2ClH/c1-33(19-13-21-35(3)25-27-39-37(5)45(53)41(31-47(39,7)8)55-43(51)23-15-29-49)17-11-12-18-34(2)20-14-22-36(4)26-28-40-38(6)46(54)42(32-48(40,9)10)56-44(52)24-16-30-50;;/h11-14,17-22,25-28,41-42H,15-16,23-24,29-32,49-50H2,1-10H3;2*1H/b12-11+,19-13+,20-14+,27-25+,28-26+,33-17+,34-18+,35-21+,36-22+;;. The van der Waals surface area contributed by atoms with Gasteiger partial charge in [-0.3, -0.25) is 19.2 Å². The van der Waals surface area contributed by atoms with E-state index in [2.05, 4.69) is 27.7 Å². The highest BCUT2D eigenvalue weighted by Crippen LogP contribution is 2.42. The van der Waals surface area contributed by atoms with Gasteiger partial charge in [-0.2, -0.15) is 0 Å². The highest BCUT2D eigenvalue weighted by Gasteiger charge is 2.41. The zero-order chi connectivity index (χ0) is 42.1. The van der Waals surface area contributed by atoms with E-state index in [0.717, 1.165) is 33.4 Å². The van der Waals surface area contributed by atoms with E-state index in [9.17, 15) is 19.2 Å². The van der Waals surface area contributed by atoms with Crippen LogP contribution in [0.15, 0.2) is 130 Å². The molecule has 10 heteroatoms. The second-order valence-corrected chi connectivity index (χ2v) is 16.1. The van der Waals surface area contributed by atoms with Crippen LogP contribution in [0, 0.1) is 10.8 Å². The molecule has 0 radical (unpaired) electrons. The molecule has 0 heterocycles. The molecule has 0 aromatic heterocycles. The molecule has 2 aliphatic rings. The zero-order valence-electron chi connectivity index (χ0n) is 36.3. The third-order valence-corrected chi connectivity index (χ3v) is 9.99. The molecule has 2 aliphatic carbocycles. The Hall–Kier alpha value is -4.08. The van der Waals surface area contributed by atoms with Crippen molar-refractivity contribution in [1.29, 1.82) is 0 Å². The number of hydrogen-bond acceptors (Lipinski definition) is 8. The number of carbonyl (C=O) groups excluding carboxylic acids is 4. The number of carbonyl (C=O) groups is 4. The van der Waals surface area contributed by atoms with Crippen LogP contribution >= 0.6 is 24.8 Å². The second kappa shape index (κ2) is 26.1. The van der Waals surface area contributed by atoms with Gasteiger partial charge in [0.15, 0.2) is 23.8 Å². The predicted octanol–water partition coefficient (Wildman–Crippen LogP) is 10.3. The van der Waals surface area contributed by atoms with Gasteiger partial charge in [0.1, 0.15) is 0 Å². The van der Waals surface area contributed by atoms with Crippen LogP contribution in [-0.2, 0) is 28.7 Å². The first kappa shape index (κ1) is 53.9. The maximum absolute atomic E-state index is 13.0. The van der Waals surface area contributed by atoms with Gasteiger partial charge in [-0.25, -0.2) is 0 Å². The molecule has 0 aromatic carbocycles. The third kappa shape index (κ3) is 17.8. The first-order valence-electron chi connectivity index (χ1n) is 19.7. The number of allylic oxidation sites excluding steroid dienone is 20. The molecule has 0 saturated heterocycles. The van der Waals surface area contributed by atoms with E-state index in [1.807, 2.05) is 127 Å². The van der Waals surface area contributed by atoms with Crippen molar-refractivity contribution < 1.29 is 28.7 Å². The minimum absolute atomic E-state index is 0. The molecule has 0 aromatic rings. The van der Waals surface area contributed by atoms with Crippen LogP contribution in [0.2, 0.25) is 0 Å². The van der Waals surface area contributed by atoms with Gasteiger partial charge in [0, 0.05) is 25.7 Å². The lowest BCUT2D eigenvalue weighted by atomic mass is 9.71. The van der Waals surface area contributed by atoms with Crippen LogP contribution in [0.4, 0.5) is 0 Å². The number of ether oxygens (including phenoxy) is 2. The summed E-state index contributed by atoms with van der Waals surface area (Å²) in [7, 11) is 0. The van der Waals surface area contributed by atoms with Gasteiger partial charge >= 0.3 is 11.9 Å². The minimum atomic E-state index is -0.756. The minimum Gasteiger partial charge on any atom is -0.454 e. The fourth-order valence-electron chi connectivity index (χ4n) is 6.69. The van der Waals surface area contributed by atoms with Gasteiger partial charge in [0.05, 0.1) is 0 Å². The Labute approximate surface area is 360 Å². The Morgan fingerprint density at radius 1 is 0.586 bits per heavy atom. The Balaban J connectivity index is 0.0000162. The van der Waals surface area contributed by atoms with Gasteiger partial charge in [-0.1, -0.05) is 135 Å². The Morgan fingerprint density at radius 2 is 0.897 bits per heavy atom. The maximum Gasteiger partial charge on any atom is 0.306 e. The van der Waals surface area contributed by atoms with E-state index in [1.54, 1.807) is 0 Å². The zero-order valence-corrected chi connectivity index (χ0v) is 37.9. The topological polar surface area (TPSA) is 139 Å². The molecular formula is C48H68Cl2N2O6. The number of hydrogen-bond donors (Lipinski definition) is 2. The fraction of sp³-hybridized carbons (Fsp3) is 0.458. The van der Waals surface area contributed by atoms with Crippen molar-refractivity contribution >= 4 is 48.3 Å². The molecule has 0 amide bonds. The smallest absolute Gasteiger partial charge is 0.306 e. The summed E-state index contributed by atoms with van der Waals surface area (Å²) in [4.78, 5) is 50.3. The summed E-state index contributed by atoms with van der Waals surface area (Å²) in [6.45, 7) is 20.8. The molecule has 4 N–H and O–H groups in total. The molecule has 0 fully saturated rings. The fourth-order valence-corrected chi connectivity index (χ4v) is 6.69. The van der Waals surface area contributed by atoms with Crippen molar-refractivity contribution in [2.45, 2.75) is 120 Å². The highest BCUT2D eigenvalue weighted by molar-refractivity contribution is 6.02. The van der Waals surface area contributed by atoms with Crippen LogP contribution in [0.25, 0.3) is 0 Å². The van der Waals surface area contributed by atoms with E-state index in [1.165, 1.54) is 0 Å². The Bertz CT molecular complexity index is 1680. The van der Waals surface area contributed by atoms with Crippen molar-refractivity contribution in [3.05, 3.63) is 130 Å². The highest BCUT2D eigenvalue weighted by atomic mass is 35.5. The second-order valence-electron chi connectivity index (χ2n) is 16.1. The maximum atomic E-state index is 13.0. The molecule has 8 nitrogen and oxygen atoms in total. The summed E-state index contributed by atoms with van der Waals surface area (Å²) in [6.07, 6.45) is 29.2. The van der Waals surface area contributed by atoms with E-state index < -0.39 is 12.2 Å². The van der Waals surface area contributed by atoms with E-state index >= 15 is 0 Å². The van der Waals surface area contributed by atoms with Gasteiger partial charge in [0.25, 0.3) is 0 Å². The van der Waals surface area contributed by atoms with E-state index in [0.29, 0.717) is 49.9 Å². The molecule has 0 spiro atoms. The van der Waals surface area contributed by atoms with E-state index in [4.69, 9.17) is 20.9 Å². The van der Waals surface area contributed by atoms with Gasteiger partial charge in [0.2, 0.25) is 0 Å². The van der Waals surface area contributed by atoms with Crippen molar-refractivity contribution in [3.8, 4) is 0 Å². The van der Waals surface area contributed by atoms with Crippen molar-refractivity contribution in [2.24, 2.45) is 22.3 Å². The average molecular weight is 840 g/mol. The lowest BCUT2D eigenvalue weighted by Gasteiger charge is -2.36. The van der Waals surface area contributed by atoms with Crippen LogP contribution in [-0.4, -0.2) is 48.8 Å². The van der Waals surface area contributed by atoms with Crippen molar-refractivity contribution in [1.82, 2.24) is 0 Å². The predicted molar refractivity (Wildman–Crippen MR) is 244 cm³/mol. The molecule has 0 bridgehead atoms. The quantitative estimate of drug-likeness (QED) is 0.103. The van der Waals surface area contributed by atoms with Crippen molar-refractivity contribution in [3.63, 3.8) is 0 Å². The van der Waals surface area contributed by atoms with Crippen LogP contribution < -0.4 is 11.5 Å². The number of ketones is 2. The van der Waals surface area contributed by atoms with Gasteiger partial charge in [-0.05, 0) is 101 Å². The van der Waals surface area contributed by atoms with Crippen molar-refractivity contribution in [2.75, 3.05) is 13.1 Å². The molecular weight excluding hydrogens is 771 g/mol. The number of Topliss-reactive ketones (excluding diaryl/α,β-unsaturated/α-hetero) is 2.